The summed E-state index contributed by atoms with van der Waals surface area (Å²) in [6, 6.07) is 20.5. The number of nitrogens with zero attached hydrogens (tertiary/aromatic N) is 3. The van der Waals surface area contributed by atoms with Crippen LogP contribution in [0.15, 0.2) is 72.9 Å². The topological polar surface area (TPSA) is 227 Å². The molecule has 63 heavy (non-hydrogen) atoms. The first kappa shape index (κ1) is 50.5. The lowest BCUT2D eigenvalue weighted by molar-refractivity contribution is -0.193. The van der Waals surface area contributed by atoms with Crippen LogP contribution in [0.3, 0.4) is 0 Å². The maximum Gasteiger partial charge on any atom is 0.490 e. The van der Waals surface area contributed by atoms with Gasteiger partial charge in [0.05, 0.1) is 23.9 Å². The van der Waals surface area contributed by atoms with E-state index in [2.05, 4.69) is 16.9 Å². The lowest BCUT2D eigenvalue weighted by Crippen LogP contribution is -2.35. The molecule has 3 aromatic carbocycles. The number of H-pyrrole nitrogens is 1. The number of anilines is 2. The van der Waals surface area contributed by atoms with Crippen molar-refractivity contribution in [3.8, 4) is 22.8 Å². The number of aromatic nitrogens is 3. The Morgan fingerprint density at radius 2 is 1.37 bits per heavy atom. The van der Waals surface area contributed by atoms with Crippen LogP contribution < -0.4 is 20.9 Å². The van der Waals surface area contributed by atoms with Crippen molar-refractivity contribution in [3.63, 3.8) is 0 Å². The molecule has 6 rings (SSSR count). The van der Waals surface area contributed by atoms with Gasteiger partial charge in [0.25, 0.3) is 0 Å². The average Bonchev–Trinajstić information content (AvgIpc) is 3.67. The molecule has 1 unspecified atom stereocenters. The number of hydrogen-bond acceptors (Lipinski definition) is 10. The van der Waals surface area contributed by atoms with E-state index in [4.69, 9.17) is 60.6 Å². The predicted octanol–water partition coefficient (Wildman–Crippen LogP) is 7.88. The third kappa shape index (κ3) is 14.9. The Morgan fingerprint density at radius 3 is 1.87 bits per heavy atom. The van der Waals surface area contributed by atoms with Crippen molar-refractivity contribution in [2.75, 3.05) is 38.2 Å². The lowest BCUT2D eigenvalue weighted by Gasteiger charge is -2.30. The van der Waals surface area contributed by atoms with Gasteiger partial charge < -0.3 is 46.1 Å². The zero-order chi connectivity index (χ0) is 47.4. The van der Waals surface area contributed by atoms with E-state index in [0.29, 0.717) is 40.9 Å². The molecule has 1 saturated heterocycles. The van der Waals surface area contributed by atoms with Crippen LogP contribution >= 0.6 is 0 Å². The van der Waals surface area contributed by atoms with Crippen molar-refractivity contribution < 1.29 is 83.1 Å². The molecule has 342 valence electrons. The number of carbonyl (C=O) groups is 3. The van der Waals surface area contributed by atoms with Gasteiger partial charge in [-0.3, -0.25) is 0 Å². The third-order valence-electron chi connectivity index (χ3n) is 8.49. The van der Waals surface area contributed by atoms with Crippen molar-refractivity contribution >= 4 is 40.2 Å². The number of nitrogen functional groups attached to an aromatic ring is 2. The molecular weight excluding hydrogens is 870 g/mol. The number of alkyl halides is 9. The van der Waals surface area contributed by atoms with Crippen molar-refractivity contribution in [2.24, 2.45) is 0 Å². The summed E-state index contributed by atoms with van der Waals surface area (Å²) < 4.78 is 124. The van der Waals surface area contributed by atoms with Crippen LogP contribution in [0.4, 0.5) is 55.4 Å². The largest absolute Gasteiger partial charge is 0.494 e. The van der Waals surface area contributed by atoms with Crippen molar-refractivity contribution in [3.05, 3.63) is 95.8 Å². The monoisotopic (exact) mass is 908 g/mol. The summed E-state index contributed by atoms with van der Waals surface area (Å²) in [5.74, 6) is -7.98. The fraction of sp³-hybridized carbons (Fsp3) is 0.308. The van der Waals surface area contributed by atoms with Gasteiger partial charge in [-0.05, 0) is 62.5 Å². The van der Waals surface area contributed by atoms with E-state index in [9.17, 15) is 39.5 Å². The molecule has 0 saturated carbocycles. The Morgan fingerprint density at radius 1 is 0.825 bits per heavy atom. The van der Waals surface area contributed by atoms with E-state index in [0.717, 1.165) is 48.0 Å². The highest BCUT2D eigenvalue weighted by atomic mass is 19.4. The lowest BCUT2D eigenvalue weighted by atomic mass is 9.92. The van der Waals surface area contributed by atoms with Crippen LogP contribution in [0, 0.1) is 5.82 Å². The maximum atomic E-state index is 16.6. The molecule has 1 fully saturated rings. The second-order valence-electron chi connectivity index (χ2n) is 13.2. The van der Waals surface area contributed by atoms with Gasteiger partial charge in [-0.1, -0.05) is 30.3 Å². The van der Waals surface area contributed by atoms with E-state index >= 15 is 4.39 Å². The SMILES string of the molecule is CCOc1cc(OC2CCN(C)CC2)c(F)c(C(c2cc3cc(N)ccc3c(N)n2)c2nc(-c3ccccc3)c[nH]2)c1.O=C(O)C(F)(F)F.O=C(O)C(F)(F)F.O=C(O)C(F)(F)F. The zero-order valence-corrected chi connectivity index (χ0v) is 32.8. The minimum Gasteiger partial charge on any atom is -0.494 e. The van der Waals surface area contributed by atoms with Crippen LogP contribution in [0.5, 0.6) is 11.5 Å². The normalized spacial score (nSPS) is 13.8. The molecule has 2 aromatic heterocycles. The molecule has 0 radical (unpaired) electrons. The number of rotatable bonds is 8. The van der Waals surface area contributed by atoms with Gasteiger partial charge in [0.2, 0.25) is 0 Å². The number of benzene rings is 3. The van der Waals surface area contributed by atoms with Gasteiger partial charge in [-0.15, -0.1) is 0 Å². The summed E-state index contributed by atoms with van der Waals surface area (Å²) in [4.78, 5) is 41.9. The Bertz CT molecular complexity index is 2280. The summed E-state index contributed by atoms with van der Waals surface area (Å²) in [5.41, 5.74) is 15.7. The van der Waals surface area contributed by atoms with E-state index in [1.165, 1.54) is 0 Å². The first-order chi connectivity index (χ1) is 29.2. The molecule has 0 spiro atoms. The highest BCUT2D eigenvalue weighted by Gasteiger charge is 2.39. The third-order valence-corrected chi connectivity index (χ3v) is 8.49. The van der Waals surface area contributed by atoms with E-state index in [1.54, 1.807) is 18.2 Å². The summed E-state index contributed by atoms with van der Waals surface area (Å²) >= 11 is 0. The van der Waals surface area contributed by atoms with Gasteiger partial charge in [0.1, 0.15) is 23.5 Å². The quantitative estimate of drug-likeness (QED) is 0.0644. The highest BCUT2D eigenvalue weighted by molar-refractivity contribution is 5.93. The summed E-state index contributed by atoms with van der Waals surface area (Å²) in [6.07, 6.45) is -11.9. The Kier molecular flexibility index (Phi) is 17.1. The van der Waals surface area contributed by atoms with Crippen LogP contribution in [-0.2, 0) is 14.4 Å². The molecule has 3 heterocycles. The number of ether oxygens (including phenoxy) is 2. The van der Waals surface area contributed by atoms with Gasteiger partial charge in [-0.2, -0.15) is 39.5 Å². The molecular formula is C39H38F10N6O8. The van der Waals surface area contributed by atoms with Gasteiger partial charge >= 0.3 is 36.4 Å². The van der Waals surface area contributed by atoms with Crippen molar-refractivity contribution in [1.29, 1.82) is 0 Å². The fourth-order valence-corrected chi connectivity index (χ4v) is 5.58. The molecule has 1 aliphatic heterocycles. The molecule has 1 atom stereocenters. The Balaban J connectivity index is 0.000000416. The van der Waals surface area contributed by atoms with Gasteiger partial charge in [-0.25, -0.2) is 28.7 Å². The highest BCUT2D eigenvalue weighted by Crippen LogP contribution is 2.40. The smallest absolute Gasteiger partial charge is 0.490 e. The number of halogens is 10. The van der Waals surface area contributed by atoms with Crippen molar-refractivity contribution in [1.82, 2.24) is 19.9 Å². The van der Waals surface area contributed by atoms with E-state index in [1.807, 2.05) is 61.7 Å². The fourth-order valence-electron chi connectivity index (χ4n) is 5.58. The number of hydrogen-bond donors (Lipinski definition) is 6. The van der Waals surface area contributed by atoms with Crippen LogP contribution in [0.25, 0.3) is 22.0 Å². The Labute approximate surface area is 350 Å². The van der Waals surface area contributed by atoms with Gasteiger partial charge in [0.15, 0.2) is 11.6 Å². The molecule has 1 aliphatic rings. The molecule has 24 heteroatoms. The second-order valence-corrected chi connectivity index (χ2v) is 13.2. The number of fused-ring (bicyclic) bond motifs is 1. The standard InChI is InChI=1S/C33H35FN6O2.3C2HF3O2/c1-3-41-24-17-26(31(34)29(18-24)42-23-11-13-40(2)14-12-23)30(33-37-19-28(39-33)20-7-5-4-6-8-20)27-16-21-15-22(35)9-10-25(21)32(36)38-27;3*3-2(4,5)1(6)7/h4-10,15-19,23,30H,3,11-14,35H2,1-2H3,(H2,36,38)(H,37,39);3*(H,6,7). The Hall–Kier alpha value is -6.85. The number of carboxylic acids is 3. The molecule has 0 aliphatic carbocycles. The molecule has 0 amide bonds. The number of likely N-dealkylation sites (tertiary alicyclic amines) is 1. The number of aromatic amines is 1. The van der Waals surface area contributed by atoms with Crippen LogP contribution in [0.1, 0.15) is 42.8 Å². The van der Waals surface area contributed by atoms with Crippen molar-refractivity contribution in [2.45, 2.75) is 50.3 Å². The van der Waals surface area contributed by atoms with Crippen LogP contribution in [0.2, 0.25) is 0 Å². The first-order valence-electron chi connectivity index (χ1n) is 18.0. The number of piperidine rings is 1. The second kappa shape index (κ2) is 21.3. The zero-order valence-electron chi connectivity index (χ0n) is 32.8. The summed E-state index contributed by atoms with van der Waals surface area (Å²) in [5, 5.41) is 23.0. The predicted molar refractivity (Wildman–Crippen MR) is 205 cm³/mol. The van der Waals surface area contributed by atoms with Crippen LogP contribution in [-0.4, -0.2) is 104 Å². The van der Waals surface area contributed by atoms with E-state index in [-0.39, 0.29) is 11.9 Å². The summed E-state index contributed by atoms with van der Waals surface area (Å²) in [7, 11) is 2.08. The molecule has 5 aromatic rings. The maximum absolute atomic E-state index is 16.6. The summed E-state index contributed by atoms with van der Waals surface area (Å²) in [6.45, 7) is 4.10. The first-order valence-corrected chi connectivity index (χ1v) is 18.0. The number of imidazole rings is 1. The number of carboxylic acid groups (broad SMARTS) is 3. The average molecular weight is 909 g/mol. The minimum atomic E-state index is -5.08. The number of aliphatic carboxylic acids is 3. The molecule has 0 bridgehead atoms. The number of pyridine rings is 1. The number of nitrogens with two attached hydrogens (primary N) is 2. The van der Waals surface area contributed by atoms with E-state index < -0.39 is 48.2 Å². The van der Waals surface area contributed by atoms with Gasteiger partial charge in [0, 0.05) is 47.6 Å². The number of nitrogens with one attached hydrogen (secondary N) is 1. The molecule has 14 nitrogen and oxygen atoms in total. The molecule has 8 N–H and O–H groups in total. The minimum absolute atomic E-state index is 0.0930.